The maximum Gasteiger partial charge on any atom is 0.368 e. The molecule has 0 aromatic heterocycles. The number of oxime groups is 1. The highest BCUT2D eigenvalue weighted by molar-refractivity contribution is 8.02. The van der Waals surface area contributed by atoms with Crippen LogP contribution in [0, 0.1) is 6.92 Å². The number of carbonyl (C=O) groups excluding carboxylic acids is 1. The van der Waals surface area contributed by atoms with E-state index in [1.54, 1.807) is 12.3 Å². The van der Waals surface area contributed by atoms with Gasteiger partial charge < -0.3 is 4.84 Å². The molecule has 0 spiro atoms. The molecule has 1 aromatic carbocycles. The monoisotopic (exact) mass is 233 g/mol. The van der Waals surface area contributed by atoms with Crippen molar-refractivity contribution in [2.24, 2.45) is 5.16 Å². The molecule has 82 valence electrons. The highest BCUT2D eigenvalue weighted by atomic mass is 32.2. The van der Waals surface area contributed by atoms with Crippen molar-refractivity contribution in [3.05, 3.63) is 40.8 Å². The molecule has 1 aliphatic rings. The second-order valence-corrected chi connectivity index (χ2v) is 4.46. The van der Waals surface area contributed by atoms with E-state index < -0.39 is 0 Å². The Hall–Kier alpha value is -1.55. The molecular formula is C12H11NO2S. The molecule has 0 unspecified atom stereocenters. The van der Waals surface area contributed by atoms with Gasteiger partial charge in [-0.1, -0.05) is 34.6 Å². The maximum absolute atomic E-state index is 11.2. The molecule has 0 radical (unpaired) electrons. The highest BCUT2D eigenvalue weighted by Crippen LogP contribution is 2.23. The fourth-order valence-corrected chi connectivity index (χ4v) is 2.05. The molecule has 3 nitrogen and oxygen atoms in total. The summed E-state index contributed by atoms with van der Waals surface area (Å²) in [5.74, 6) is -0.378. The van der Waals surface area contributed by atoms with Crippen LogP contribution in [0.2, 0.25) is 0 Å². The van der Waals surface area contributed by atoms with Crippen molar-refractivity contribution in [3.8, 4) is 0 Å². The molecule has 1 aliphatic heterocycles. The van der Waals surface area contributed by atoms with Crippen LogP contribution in [0.25, 0.3) is 0 Å². The van der Waals surface area contributed by atoms with Gasteiger partial charge in [-0.25, -0.2) is 4.79 Å². The number of hydrogen-bond donors (Lipinski definition) is 0. The molecule has 0 fully saturated rings. The molecule has 0 atom stereocenters. The molecule has 16 heavy (non-hydrogen) atoms. The van der Waals surface area contributed by atoms with E-state index in [-0.39, 0.29) is 5.97 Å². The zero-order valence-electron chi connectivity index (χ0n) is 9.06. The molecule has 0 bridgehead atoms. The van der Waals surface area contributed by atoms with Crippen LogP contribution < -0.4 is 0 Å². The van der Waals surface area contributed by atoms with Crippen LogP contribution in [0.4, 0.5) is 0 Å². The predicted octanol–water partition coefficient (Wildman–Crippen LogP) is 2.90. The Morgan fingerprint density at radius 2 is 1.94 bits per heavy atom. The van der Waals surface area contributed by atoms with Gasteiger partial charge in [0.15, 0.2) is 0 Å². The van der Waals surface area contributed by atoms with Gasteiger partial charge in [0.1, 0.15) is 0 Å². The molecular weight excluding hydrogens is 222 g/mol. The first-order chi connectivity index (χ1) is 7.66. The lowest BCUT2D eigenvalue weighted by molar-refractivity contribution is -0.136. The third-order valence-electron chi connectivity index (χ3n) is 2.21. The SMILES string of the molecule is CC1=NOC(=O)/C1=C/Sc1ccc(C)cc1. The molecule has 0 saturated carbocycles. The topological polar surface area (TPSA) is 38.7 Å². The number of nitrogens with zero attached hydrogens (tertiary/aromatic N) is 1. The first-order valence-electron chi connectivity index (χ1n) is 4.86. The van der Waals surface area contributed by atoms with E-state index in [1.807, 2.05) is 31.2 Å². The summed E-state index contributed by atoms with van der Waals surface area (Å²) in [5.41, 5.74) is 2.38. The van der Waals surface area contributed by atoms with Crippen molar-refractivity contribution in [1.82, 2.24) is 0 Å². The third-order valence-corrected chi connectivity index (χ3v) is 3.11. The maximum atomic E-state index is 11.2. The fraction of sp³-hybridized carbons (Fsp3) is 0.167. The number of thioether (sulfide) groups is 1. The van der Waals surface area contributed by atoms with Crippen LogP contribution in [-0.4, -0.2) is 11.7 Å². The summed E-state index contributed by atoms with van der Waals surface area (Å²) in [4.78, 5) is 16.9. The first kappa shape index (κ1) is 11.0. The molecule has 0 N–H and O–H groups in total. The van der Waals surface area contributed by atoms with Gasteiger partial charge in [0.2, 0.25) is 0 Å². The molecule has 0 aliphatic carbocycles. The van der Waals surface area contributed by atoms with Crippen molar-refractivity contribution in [1.29, 1.82) is 0 Å². The number of hydrogen-bond acceptors (Lipinski definition) is 4. The van der Waals surface area contributed by atoms with E-state index in [4.69, 9.17) is 0 Å². The molecule has 0 saturated heterocycles. The van der Waals surface area contributed by atoms with Crippen LogP contribution in [0.5, 0.6) is 0 Å². The van der Waals surface area contributed by atoms with Gasteiger partial charge in [0.05, 0.1) is 11.3 Å². The van der Waals surface area contributed by atoms with Crippen molar-refractivity contribution in [3.63, 3.8) is 0 Å². The fourth-order valence-electron chi connectivity index (χ4n) is 1.23. The van der Waals surface area contributed by atoms with Gasteiger partial charge in [0, 0.05) is 4.90 Å². The quantitative estimate of drug-likeness (QED) is 0.448. The molecule has 4 heteroatoms. The summed E-state index contributed by atoms with van der Waals surface area (Å²) in [6, 6.07) is 8.11. The Labute approximate surface area is 98.2 Å². The summed E-state index contributed by atoms with van der Waals surface area (Å²) in [7, 11) is 0. The second kappa shape index (κ2) is 4.53. The molecule has 2 rings (SSSR count). The van der Waals surface area contributed by atoms with Gasteiger partial charge in [-0.2, -0.15) is 0 Å². The van der Waals surface area contributed by atoms with Crippen LogP contribution >= 0.6 is 11.8 Å². The number of carbonyl (C=O) groups is 1. The lowest BCUT2D eigenvalue weighted by Gasteiger charge is -1.97. The molecule has 1 aromatic rings. The average molecular weight is 233 g/mol. The Morgan fingerprint density at radius 3 is 2.50 bits per heavy atom. The van der Waals surface area contributed by atoms with Gasteiger partial charge in [-0.15, -0.1) is 0 Å². The van der Waals surface area contributed by atoms with Gasteiger partial charge in [0.25, 0.3) is 0 Å². The number of aryl methyl sites for hydroxylation is 1. The smallest absolute Gasteiger partial charge is 0.312 e. The van der Waals surface area contributed by atoms with E-state index in [2.05, 4.69) is 9.99 Å². The number of rotatable bonds is 2. The normalized spacial score (nSPS) is 17.5. The van der Waals surface area contributed by atoms with E-state index >= 15 is 0 Å². The minimum absolute atomic E-state index is 0.378. The van der Waals surface area contributed by atoms with Crippen molar-refractivity contribution < 1.29 is 9.63 Å². The average Bonchev–Trinajstić information content (AvgIpc) is 2.59. The summed E-state index contributed by atoms with van der Waals surface area (Å²) in [5, 5.41) is 5.39. The largest absolute Gasteiger partial charge is 0.368 e. The van der Waals surface area contributed by atoms with Gasteiger partial charge in [-0.05, 0) is 31.4 Å². The Bertz CT molecular complexity index is 474. The molecule has 1 heterocycles. The van der Waals surface area contributed by atoms with Crippen LogP contribution in [-0.2, 0) is 9.63 Å². The lowest BCUT2D eigenvalue weighted by atomic mass is 10.2. The van der Waals surface area contributed by atoms with Crippen molar-refractivity contribution in [2.75, 3.05) is 0 Å². The second-order valence-electron chi connectivity index (χ2n) is 3.52. The summed E-state index contributed by atoms with van der Waals surface area (Å²) in [6.45, 7) is 3.80. The summed E-state index contributed by atoms with van der Waals surface area (Å²) >= 11 is 1.49. The van der Waals surface area contributed by atoms with E-state index in [0.29, 0.717) is 11.3 Å². The van der Waals surface area contributed by atoms with E-state index in [9.17, 15) is 4.79 Å². The summed E-state index contributed by atoms with van der Waals surface area (Å²) in [6.07, 6.45) is 0. The molecule has 0 amide bonds. The summed E-state index contributed by atoms with van der Waals surface area (Å²) < 4.78 is 0. The van der Waals surface area contributed by atoms with Crippen molar-refractivity contribution in [2.45, 2.75) is 18.7 Å². The van der Waals surface area contributed by atoms with Crippen LogP contribution in [0.3, 0.4) is 0 Å². The zero-order chi connectivity index (χ0) is 11.5. The lowest BCUT2D eigenvalue weighted by Crippen LogP contribution is -2.00. The van der Waals surface area contributed by atoms with Crippen molar-refractivity contribution >= 4 is 23.4 Å². The van der Waals surface area contributed by atoms with Gasteiger partial charge >= 0.3 is 5.97 Å². The Morgan fingerprint density at radius 1 is 1.25 bits per heavy atom. The zero-order valence-corrected chi connectivity index (χ0v) is 9.88. The highest BCUT2D eigenvalue weighted by Gasteiger charge is 2.21. The van der Waals surface area contributed by atoms with Crippen LogP contribution in [0.15, 0.2) is 45.3 Å². The standard InChI is InChI=1S/C12H11NO2S/c1-8-3-5-10(6-4-8)16-7-11-9(2)13-15-12(11)14/h3-7H,1-2H3/b11-7+. The van der Waals surface area contributed by atoms with E-state index in [0.717, 1.165) is 4.90 Å². The number of benzene rings is 1. The van der Waals surface area contributed by atoms with Crippen LogP contribution in [0.1, 0.15) is 12.5 Å². The Kier molecular flexibility index (Phi) is 3.10. The predicted molar refractivity (Wildman–Crippen MR) is 64.3 cm³/mol. The Balaban J connectivity index is 2.12. The third kappa shape index (κ3) is 2.33. The minimum Gasteiger partial charge on any atom is -0.312 e. The first-order valence-corrected chi connectivity index (χ1v) is 5.74. The van der Waals surface area contributed by atoms with Gasteiger partial charge in [-0.3, -0.25) is 0 Å². The van der Waals surface area contributed by atoms with E-state index in [1.165, 1.54) is 17.3 Å². The minimum atomic E-state index is -0.378.